The Morgan fingerprint density at radius 3 is 2.38 bits per heavy atom. The number of aromatic nitrogens is 1. The number of anilines is 1. The van der Waals surface area contributed by atoms with Crippen LogP contribution in [0.3, 0.4) is 0 Å². The average molecular weight is 538 g/mol. The van der Waals surface area contributed by atoms with Gasteiger partial charge in [0, 0.05) is 42.7 Å². The molecule has 0 aliphatic carbocycles. The van der Waals surface area contributed by atoms with Gasteiger partial charge in [-0.3, -0.25) is 14.7 Å². The van der Waals surface area contributed by atoms with E-state index >= 15 is 0 Å². The molecule has 1 aromatic heterocycles. The molecule has 1 saturated heterocycles. The van der Waals surface area contributed by atoms with Crippen molar-refractivity contribution in [2.45, 2.75) is 44.5 Å². The van der Waals surface area contributed by atoms with Crippen LogP contribution in [0, 0.1) is 0 Å². The van der Waals surface area contributed by atoms with Crippen LogP contribution in [0.2, 0.25) is 0 Å². The van der Waals surface area contributed by atoms with Gasteiger partial charge in [0.1, 0.15) is 0 Å². The molecular formula is C33H35N3O4. The molecule has 3 aromatic carbocycles. The Kier molecular flexibility index (Phi) is 8.98. The first-order chi connectivity index (χ1) is 19.5. The third kappa shape index (κ3) is 6.81. The maximum absolute atomic E-state index is 12.5. The van der Waals surface area contributed by atoms with Crippen molar-refractivity contribution in [2.24, 2.45) is 0 Å². The normalized spacial score (nSPS) is 19.8. The molecule has 4 aromatic rings. The summed E-state index contributed by atoms with van der Waals surface area (Å²) in [5.74, 6) is -0.215. The maximum atomic E-state index is 12.5. The number of rotatable bonds is 9. The predicted molar refractivity (Wildman–Crippen MR) is 155 cm³/mol. The van der Waals surface area contributed by atoms with E-state index in [1.807, 2.05) is 54.6 Å². The zero-order valence-electron chi connectivity index (χ0n) is 22.8. The van der Waals surface area contributed by atoms with Crippen LogP contribution in [0.1, 0.15) is 64.4 Å². The monoisotopic (exact) mass is 537 g/mol. The van der Waals surface area contributed by atoms with Gasteiger partial charge in [-0.25, -0.2) is 0 Å². The minimum atomic E-state index is -0.565. The second-order valence-corrected chi connectivity index (χ2v) is 10.2. The Balaban J connectivity index is 1.32. The molecule has 2 N–H and O–H groups in total. The standard InChI is InChI=1S/C33H35N3O4/c1-23(25-7-4-3-5-8-25)36(2)21-30-19-31(26-12-10-24(22-37)11-13-26)40-33(39-30)27-14-16-29(17-15-27)35-32(38)28-9-6-18-34-20-28/h3-18,20,23,30-31,33,37H,19,21-22H2,1-2H3,(H,35,38)/t23-,30-,31+,33+/m0/s1. The number of aliphatic hydroxyl groups excluding tert-OH is 1. The Morgan fingerprint density at radius 2 is 1.70 bits per heavy atom. The van der Waals surface area contributed by atoms with Crippen LogP contribution < -0.4 is 5.32 Å². The molecule has 40 heavy (non-hydrogen) atoms. The number of carbonyl (C=O) groups excluding carboxylic acids is 1. The van der Waals surface area contributed by atoms with Gasteiger partial charge in [-0.2, -0.15) is 0 Å². The number of carbonyl (C=O) groups is 1. The molecule has 0 spiro atoms. The zero-order valence-corrected chi connectivity index (χ0v) is 22.8. The summed E-state index contributed by atoms with van der Waals surface area (Å²) in [5, 5.41) is 12.4. The lowest BCUT2D eigenvalue weighted by Crippen LogP contribution is -2.38. The minimum Gasteiger partial charge on any atom is -0.392 e. The number of hydrogen-bond donors (Lipinski definition) is 2. The van der Waals surface area contributed by atoms with E-state index in [0.717, 1.165) is 23.2 Å². The molecule has 0 radical (unpaired) electrons. The van der Waals surface area contributed by atoms with Crippen molar-refractivity contribution in [3.63, 3.8) is 0 Å². The molecule has 7 heteroatoms. The van der Waals surface area contributed by atoms with Crippen molar-refractivity contribution < 1.29 is 19.4 Å². The summed E-state index contributed by atoms with van der Waals surface area (Å²) in [5.41, 5.74) is 5.22. The fourth-order valence-corrected chi connectivity index (χ4v) is 4.92. The van der Waals surface area contributed by atoms with Gasteiger partial charge in [-0.1, -0.05) is 66.7 Å². The number of likely N-dealkylation sites (N-methyl/N-ethyl adjacent to an activating group) is 1. The molecule has 0 saturated carbocycles. The third-order valence-electron chi connectivity index (χ3n) is 7.41. The first-order valence-corrected chi connectivity index (χ1v) is 13.6. The number of hydrogen-bond acceptors (Lipinski definition) is 6. The van der Waals surface area contributed by atoms with Crippen molar-refractivity contribution in [2.75, 3.05) is 18.9 Å². The molecule has 206 valence electrons. The first kappa shape index (κ1) is 27.7. The van der Waals surface area contributed by atoms with Crippen LogP contribution in [0.4, 0.5) is 5.69 Å². The summed E-state index contributed by atoms with van der Waals surface area (Å²) in [6.45, 7) is 2.95. The van der Waals surface area contributed by atoms with E-state index < -0.39 is 6.29 Å². The van der Waals surface area contributed by atoms with Gasteiger partial charge in [0.25, 0.3) is 5.91 Å². The molecular weight excluding hydrogens is 502 g/mol. The van der Waals surface area contributed by atoms with Crippen molar-refractivity contribution in [3.8, 4) is 0 Å². The minimum absolute atomic E-state index is 0.00596. The summed E-state index contributed by atoms with van der Waals surface area (Å²) in [6.07, 6.45) is 3.09. The molecule has 1 aliphatic rings. The second kappa shape index (κ2) is 13.0. The van der Waals surface area contributed by atoms with Crippen molar-refractivity contribution >= 4 is 11.6 Å². The summed E-state index contributed by atoms with van der Waals surface area (Å²) in [7, 11) is 2.12. The summed E-state index contributed by atoms with van der Waals surface area (Å²) >= 11 is 0. The maximum Gasteiger partial charge on any atom is 0.257 e. The SMILES string of the molecule is C[C@@H](c1ccccc1)N(C)C[C@@H]1C[C@H](c2ccc(CO)cc2)O[C@H](c2ccc(NC(=O)c3cccnc3)cc2)O1. The van der Waals surface area contributed by atoms with E-state index in [9.17, 15) is 9.90 Å². The fourth-order valence-electron chi connectivity index (χ4n) is 4.92. The first-order valence-electron chi connectivity index (χ1n) is 13.6. The fraction of sp³-hybridized carbons (Fsp3) is 0.273. The van der Waals surface area contributed by atoms with Gasteiger partial charge in [0.15, 0.2) is 6.29 Å². The van der Waals surface area contributed by atoms with Gasteiger partial charge in [-0.15, -0.1) is 0 Å². The molecule has 4 atom stereocenters. The van der Waals surface area contributed by atoms with Crippen LogP contribution in [0.15, 0.2) is 103 Å². The quantitative estimate of drug-likeness (QED) is 0.270. The Hall–Kier alpha value is -3.88. The van der Waals surface area contributed by atoms with Crippen molar-refractivity contribution in [3.05, 3.63) is 131 Å². The van der Waals surface area contributed by atoms with Crippen LogP contribution in [-0.2, 0) is 16.1 Å². The lowest BCUT2D eigenvalue weighted by atomic mass is 9.99. The number of nitrogens with one attached hydrogen (secondary N) is 1. The number of aliphatic hydroxyl groups is 1. The highest BCUT2D eigenvalue weighted by Crippen LogP contribution is 2.39. The zero-order chi connectivity index (χ0) is 27.9. The average Bonchev–Trinajstić information content (AvgIpc) is 3.01. The van der Waals surface area contributed by atoms with Crippen LogP contribution in [0.5, 0.6) is 0 Å². The smallest absolute Gasteiger partial charge is 0.257 e. The Morgan fingerprint density at radius 1 is 0.975 bits per heavy atom. The van der Waals surface area contributed by atoms with E-state index in [1.54, 1.807) is 18.3 Å². The highest BCUT2D eigenvalue weighted by Gasteiger charge is 2.33. The number of ether oxygens (including phenoxy) is 2. The van der Waals surface area contributed by atoms with Gasteiger partial charge < -0.3 is 19.9 Å². The van der Waals surface area contributed by atoms with Gasteiger partial charge >= 0.3 is 0 Å². The highest BCUT2D eigenvalue weighted by atomic mass is 16.7. The molecule has 2 heterocycles. The van der Waals surface area contributed by atoms with E-state index in [1.165, 1.54) is 11.8 Å². The predicted octanol–water partition coefficient (Wildman–Crippen LogP) is 6.06. The number of nitrogens with zero attached hydrogens (tertiary/aromatic N) is 2. The van der Waals surface area contributed by atoms with Crippen LogP contribution in [-0.4, -0.2) is 40.6 Å². The van der Waals surface area contributed by atoms with Crippen LogP contribution in [0.25, 0.3) is 0 Å². The van der Waals surface area contributed by atoms with E-state index in [0.29, 0.717) is 17.7 Å². The number of amides is 1. The van der Waals surface area contributed by atoms with Crippen molar-refractivity contribution in [1.82, 2.24) is 9.88 Å². The third-order valence-corrected chi connectivity index (χ3v) is 7.41. The molecule has 1 aliphatic heterocycles. The van der Waals surface area contributed by atoms with E-state index in [4.69, 9.17) is 9.47 Å². The van der Waals surface area contributed by atoms with E-state index in [-0.39, 0.29) is 30.8 Å². The van der Waals surface area contributed by atoms with Gasteiger partial charge in [-0.05, 0) is 54.9 Å². The lowest BCUT2D eigenvalue weighted by Gasteiger charge is -2.39. The largest absolute Gasteiger partial charge is 0.392 e. The van der Waals surface area contributed by atoms with E-state index in [2.05, 4.69) is 53.4 Å². The Bertz CT molecular complexity index is 1360. The Labute approximate surface area is 235 Å². The molecule has 1 fully saturated rings. The molecule has 5 rings (SSSR count). The topological polar surface area (TPSA) is 83.9 Å². The van der Waals surface area contributed by atoms with Crippen LogP contribution >= 0.6 is 0 Å². The summed E-state index contributed by atoms with van der Waals surface area (Å²) < 4.78 is 13.0. The summed E-state index contributed by atoms with van der Waals surface area (Å²) in [4.78, 5) is 18.8. The van der Waals surface area contributed by atoms with Gasteiger partial charge in [0.05, 0.1) is 24.4 Å². The summed E-state index contributed by atoms with van der Waals surface area (Å²) in [6, 6.07) is 29.6. The second-order valence-electron chi connectivity index (χ2n) is 10.2. The molecule has 7 nitrogen and oxygen atoms in total. The van der Waals surface area contributed by atoms with Crippen molar-refractivity contribution in [1.29, 1.82) is 0 Å². The molecule has 0 bridgehead atoms. The van der Waals surface area contributed by atoms with Gasteiger partial charge in [0.2, 0.25) is 0 Å². The lowest BCUT2D eigenvalue weighted by molar-refractivity contribution is -0.253. The highest BCUT2D eigenvalue weighted by molar-refractivity contribution is 6.04. The number of benzene rings is 3. The molecule has 0 unspecified atom stereocenters. The number of pyridine rings is 1. The molecule has 1 amide bonds.